The van der Waals surface area contributed by atoms with Gasteiger partial charge < -0.3 is 15.2 Å². The molecule has 154 valence electrons. The van der Waals surface area contributed by atoms with Gasteiger partial charge in [0.25, 0.3) is 5.91 Å². The van der Waals surface area contributed by atoms with Crippen LogP contribution < -0.4 is 10.6 Å². The van der Waals surface area contributed by atoms with E-state index in [1.165, 1.54) is 11.3 Å². The van der Waals surface area contributed by atoms with E-state index in [-0.39, 0.29) is 23.9 Å². The van der Waals surface area contributed by atoms with Gasteiger partial charge in [-0.25, -0.2) is 4.98 Å². The van der Waals surface area contributed by atoms with Crippen LogP contribution in [0.25, 0.3) is 0 Å². The van der Waals surface area contributed by atoms with Crippen LogP contribution in [0.4, 0.5) is 5.13 Å². The molecule has 0 aliphatic heterocycles. The standard InChI is InChI=1S/C20H24BrN5O2S/c1-20(2,3)26-10-9-14(12-26)18(28)23-11-17(27)25-19-24-15(13-29-19)7-5-6-8-16(21)22-4/h5-6,8-10,12-13H,4,7,11H2,1-3H3,(H,23,28)(H,24,25,27)/b6-5-,16-8-. The number of allylic oxidation sites excluding steroid dienone is 3. The van der Waals surface area contributed by atoms with E-state index in [2.05, 4.69) is 43.3 Å². The fraction of sp³-hybridized carbons (Fsp3) is 0.300. The number of anilines is 1. The smallest absolute Gasteiger partial charge is 0.253 e. The molecule has 0 aliphatic rings. The Labute approximate surface area is 182 Å². The van der Waals surface area contributed by atoms with E-state index in [4.69, 9.17) is 0 Å². The van der Waals surface area contributed by atoms with Crippen molar-refractivity contribution < 1.29 is 9.59 Å². The summed E-state index contributed by atoms with van der Waals surface area (Å²) in [5, 5.41) is 7.69. The van der Waals surface area contributed by atoms with Crippen molar-refractivity contribution in [1.82, 2.24) is 14.9 Å². The highest BCUT2D eigenvalue weighted by Crippen LogP contribution is 2.17. The van der Waals surface area contributed by atoms with Crippen molar-refractivity contribution in [1.29, 1.82) is 0 Å². The first-order valence-corrected chi connectivity index (χ1v) is 10.6. The van der Waals surface area contributed by atoms with Crippen LogP contribution in [0.2, 0.25) is 0 Å². The molecule has 0 aromatic carbocycles. The molecule has 0 fully saturated rings. The van der Waals surface area contributed by atoms with E-state index >= 15 is 0 Å². The monoisotopic (exact) mass is 477 g/mol. The number of halogens is 1. The Morgan fingerprint density at radius 1 is 1.41 bits per heavy atom. The summed E-state index contributed by atoms with van der Waals surface area (Å²) < 4.78 is 2.60. The third kappa shape index (κ3) is 7.43. The van der Waals surface area contributed by atoms with Gasteiger partial charge in [-0.3, -0.25) is 14.6 Å². The van der Waals surface area contributed by atoms with E-state index in [0.717, 1.165) is 5.69 Å². The van der Waals surface area contributed by atoms with Gasteiger partial charge in [-0.15, -0.1) is 11.3 Å². The molecule has 2 rings (SSSR count). The minimum absolute atomic E-state index is 0.108. The van der Waals surface area contributed by atoms with Gasteiger partial charge in [0.15, 0.2) is 5.13 Å². The summed E-state index contributed by atoms with van der Waals surface area (Å²) in [5.41, 5.74) is 1.25. The molecule has 0 spiro atoms. The van der Waals surface area contributed by atoms with E-state index in [1.807, 2.05) is 49.1 Å². The van der Waals surface area contributed by atoms with Gasteiger partial charge in [0.2, 0.25) is 5.91 Å². The van der Waals surface area contributed by atoms with Gasteiger partial charge in [0.1, 0.15) is 4.61 Å². The molecule has 0 saturated carbocycles. The number of amides is 2. The Balaban J connectivity index is 1.81. The fourth-order valence-electron chi connectivity index (χ4n) is 2.22. The number of thiazole rings is 1. The molecule has 0 aliphatic carbocycles. The Bertz CT molecular complexity index is 937. The Morgan fingerprint density at radius 3 is 2.83 bits per heavy atom. The first kappa shape index (κ1) is 22.8. The van der Waals surface area contributed by atoms with Crippen molar-refractivity contribution in [3.05, 3.63) is 57.9 Å². The molecule has 2 amide bonds. The number of carbonyl (C=O) groups excluding carboxylic acids is 2. The summed E-state index contributed by atoms with van der Waals surface area (Å²) in [6.07, 6.45) is 9.80. The number of carbonyl (C=O) groups is 2. The lowest BCUT2D eigenvalue weighted by molar-refractivity contribution is -0.115. The van der Waals surface area contributed by atoms with Crippen LogP contribution in [-0.4, -0.2) is 34.6 Å². The van der Waals surface area contributed by atoms with Crippen LogP contribution in [0.1, 0.15) is 36.8 Å². The number of rotatable bonds is 8. The fourth-order valence-corrected chi connectivity index (χ4v) is 3.11. The van der Waals surface area contributed by atoms with Gasteiger partial charge >= 0.3 is 0 Å². The molecule has 0 saturated heterocycles. The summed E-state index contributed by atoms with van der Waals surface area (Å²) in [4.78, 5) is 32.4. The summed E-state index contributed by atoms with van der Waals surface area (Å²) >= 11 is 4.57. The van der Waals surface area contributed by atoms with Gasteiger partial charge in [-0.05, 0) is 55.6 Å². The van der Waals surface area contributed by atoms with Crippen LogP contribution in [0.5, 0.6) is 0 Å². The maximum absolute atomic E-state index is 12.2. The lowest BCUT2D eigenvalue weighted by Gasteiger charge is -2.20. The number of hydrogen-bond acceptors (Lipinski definition) is 5. The van der Waals surface area contributed by atoms with Crippen LogP contribution in [-0.2, 0) is 16.8 Å². The zero-order valence-corrected chi connectivity index (χ0v) is 19.0. The van der Waals surface area contributed by atoms with Crippen molar-refractivity contribution >= 4 is 50.9 Å². The second-order valence-electron chi connectivity index (χ2n) is 7.13. The summed E-state index contributed by atoms with van der Waals surface area (Å²) in [6.45, 7) is 9.43. The largest absolute Gasteiger partial charge is 0.348 e. The van der Waals surface area contributed by atoms with Crippen molar-refractivity contribution in [2.75, 3.05) is 11.9 Å². The van der Waals surface area contributed by atoms with E-state index < -0.39 is 0 Å². The lowest BCUT2D eigenvalue weighted by atomic mass is 10.1. The summed E-state index contributed by atoms with van der Waals surface area (Å²) in [5.74, 6) is -0.615. The van der Waals surface area contributed by atoms with Gasteiger partial charge in [-0.2, -0.15) is 0 Å². The van der Waals surface area contributed by atoms with Crippen molar-refractivity contribution in [3.63, 3.8) is 0 Å². The average Bonchev–Trinajstić information content (AvgIpc) is 3.32. The van der Waals surface area contributed by atoms with Gasteiger partial charge in [-0.1, -0.05) is 12.2 Å². The number of hydrogen-bond donors (Lipinski definition) is 2. The molecule has 2 aromatic heterocycles. The third-order valence-corrected chi connectivity index (χ3v) is 5.11. The van der Waals surface area contributed by atoms with E-state index in [0.29, 0.717) is 21.7 Å². The maximum Gasteiger partial charge on any atom is 0.253 e. The number of nitrogens with one attached hydrogen (secondary N) is 2. The second-order valence-corrected chi connectivity index (χ2v) is 8.80. The molecule has 2 aromatic rings. The Kier molecular flexibility index (Phi) is 8.10. The predicted molar refractivity (Wildman–Crippen MR) is 122 cm³/mol. The first-order valence-electron chi connectivity index (χ1n) is 8.89. The molecule has 9 heteroatoms. The second kappa shape index (κ2) is 10.3. The molecule has 2 N–H and O–H groups in total. The molecule has 29 heavy (non-hydrogen) atoms. The first-order chi connectivity index (χ1) is 13.7. The van der Waals surface area contributed by atoms with Crippen LogP contribution in [0, 0.1) is 0 Å². The maximum atomic E-state index is 12.2. The minimum atomic E-state index is -0.325. The van der Waals surface area contributed by atoms with Crippen LogP contribution >= 0.6 is 27.3 Å². The predicted octanol–water partition coefficient (Wildman–Crippen LogP) is 4.10. The third-order valence-electron chi connectivity index (χ3n) is 3.79. The Morgan fingerprint density at radius 2 is 2.17 bits per heavy atom. The molecule has 0 atom stereocenters. The summed E-state index contributed by atoms with van der Waals surface area (Å²) in [7, 11) is 0. The minimum Gasteiger partial charge on any atom is -0.348 e. The van der Waals surface area contributed by atoms with E-state index in [9.17, 15) is 9.59 Å². The quantitative estimate of drug-likeness (QED) is 0.340. The topological polar surface area (TPSA) is 88.4 Å². The number of nitrogens with zero attached hydrogens (tertiary/aromatic N) is 3. The van der Waals surface area contributed by atoms with Crippen molar-refractivity contribution in [2.24, 2.45) is 4.99 Å². The SMILES string of the molecule is C=N/C(Br)=C\C=C/Cc1csc(NC(=O)CNC(=O)c2ccn(C(C)(C)C)c2)n1. The molecule has 2 heterocycles. The lowest BCUT2D eigenvalue weighted by Crippen LogP contribution is -2.32. The van der Waals surface area contributed by atoms with Crippen molar-refractivity contribution in [3.8, 4) is 0 Å². The van der Waals surface area contributed by atoms with Crippen molar-refractivity contribution in [2.45, 2.75) is 32.7 Å². The Hall–Kier alpha value is -2.52. The number of aliphatic imine (C=N–C) groups is 1. The van der Waals surface area contributed by atoms with Gasteiger partial charge in [0.05, 0.1) is 17.8 Å². The average molecular weight is 478 g/mol. The van der Waals surface area contributed by atoms with Gasteiger partial charge in [0, 0.05) is 29.7 Å². The normalized spacial score (nSPS) is 12.2. The van der Waals surface area contributed by atoms with Crippen LogP contribution in [0.3, 0.4) is 0 Å². The highest BCUT2D eigenvalue weighted by molar-refractivity contribution is 9.11. The summed E-state index contributed by atoms with van der Waals surface area (Å²) in [6, 6.07) is 1.73. The highest BCUT2D eigenvalue weighted by Gasteiger charge is 2.16. The highest BCUT2D eigenvalue weighted by atomic mass is 79.9. The number of aromatic nitrogens is 2. The van der Waals surface area contributed by atoms with Crippen LogP contribution in [0.15, 0.2) is 51.7 Å². The molecular formula is C20H24BrN5O2S. The van der Waals surface area contributed by atoms with E-state index in [1.54, 1.807) is 18.3 Å². The molecule has 0 bridgehead atoms. The molecule has 7 nitrogen and oxygen atoms in total. The zero-order chi connectivity index (χ0) is 21.4. The zero-order valence-electron chi connectivity index (χ0n) is 16.6. The molecule has 0 radical (unpaired) electrons. The molecule has 0 unspecified atom stereocenters. The molecular weight excluding hydrogens is 454 g/mol.